The lowest BCUT2D eigenvalue weighted by atomic mass is 9.80. The van der Waals surface area contributed by atoms with E-state index in [1.165, 1.54) is 37.8 Å². The zero-order valence-corrected chi connectivity index (χ0v) is 19.8. The van der Waals surface area contributed by atoms with Gasteiger partial charge in [-0.05, 0) is 72.2 Å². The van der Waals surface area contributed by atoms with Crippen molar-refractivity contribution in [1.82, 2.24) is 0 Å². The number of ether oxygens (including phenoxy) is 1. The number of aryl methyl sites for hydroxylation is 1. The molecule has 1 fully saturated rings. The van der Waals surface area contributed by atoms with Crippen molar-refractivity contribution in [3.63, 3.8) is 0 Å². The summed E-state index contributed by atoms with van der Waals surface area (Å²) in [5.74, 6) is -2.22. The molecular formula is C29H26F5NO. The van der Waals surface area contributed by atoms with Gasteiger partial charge in [-0.25, -0.2) is 13.2 Å². The largest absolute Gasteiger partial charge is 0.429 e. The Kier molecular flexibility index (Phi) is 7.63. The van der Waals surface area contributed by atoms with Crippen molar-refractivity contribution in [2.24, 2.45) is 11.8 Å². The van der Waals surface area contributed by atoms with Gasteiger partial charge in [-0.3, -0.25) is 0 Å². The number of nitrogens with zero attached hydrogens (tertiary/aromatic N) is 1. The van der Waals surface area contributed by atoms with Gasteiger partial charge in [0.15, 0.2) is 0 Å². The predicted molar refractivity (Wildman–Crippen MR) is 127 cm³/mol. The molecule has 0 saturated heterocycles. The van der Waals surface area contributed by atoms with E-state index >= 15 is 0 Å². The maximum Gasteiger partial charge on any atom is 0.426 e. The third-order valence-electron chi connectivity index (χ3n) is 6.90. The molecule has 0 N–H and O–H groups in total. The maximum absolute atomic E-state index is 14.8. The Hall–Kier alpha value is -3.40. The predicted octanol–water partition coefficient (Wildman–Crippen LogP) is 8.53. The average Bonchev–Trinajstić information content (AvgIpc) is 2.84. The quantitative estimate of drug-likeness (QED) is 0.305. The number of hydrogen-bond acceptors (Lipinski definition) is 2. The zero-order chi connectivity index (χ0) is 25.9. The fourth-order valence-corrected chi connectivity index (χ4v) is 4.70. The smallest absolute Gasteiger partial charge is 0.426 e. The summed E-state index contributed by atoms with van der Waals surface area (Å²) in [5, 5.41) is 8.80. The van der Waals surface area contributed by atoms with Gasteiger partial charge in [0.1, 0.15) is 29.3 Å². The van der Waals surface area contributed by atoms with Gasteiger partial charge in [-0.15, -0.1) is 0 Å². The van der Waals surface area contributed by atoms with Gasteiger partial charge in [0, 0.05) is 0 Å². The summed E-state index contributed by atoms with van der Waals surface area (Å²) in [6.45, 7) is 2.28. The Morgan fingerprint density at radius 1 is 0.889 bits per heavy atom. The van der Waals surface area contributed by atoms with Crippen LogP contribution < -0.4 is 4.74 Å². The van der Waals surface area contributed by atoms with Crippen LogP contribution in [0.25, 0.3) is 11.1 Å². The molecule has 0 aromatic heterocycles. The van der Waals surface area contributed by atoms with Crippen LogP contribution in [0.3, 0.4) is 0 Å². The fraction of sp³-hybridized carbons (Fsp3) is 0.345. The van der Waals surface area contributed by atoms with Gasteiger partial charge in [0.05, 0.1) is 16.7 Å². The number of hydrogen-bond donors (Lipinski definition) is 0. The highest BCUT2D eigenvalue weighted by molar-refractivity contribution is 5.66. The van der Waals surface area contributed by atoms with Gasteiger partial charge in [-0.1, -0.05) is 50.8 Å². The first-order valence-corrected chi connectivity index (χ1v) is 12.0. The molecule has 188 valence electrons. The highest BCUT2D eigenvalue weighted by atomic mass is 19.3. The highest BCUT2D eigenvalue weighted by Crippen LogP contribution is 2.36. The van der Waals surface area contributed by atoms with Gasteiger partial charge in [0.25, 0.3) is 0 Å². The first-order valence-electron chi connectivity index (χ1n) is 12.0. The molecule has 4 rings (SSSR count). The van der Waals surface area contributed by atoms with Crippen molar-refractivity contribution in [2.45, 2.75) is 51.6 Å². The minimum Gasteiger partial charge on any atom is -0.429 e. The molecule has 3 aromatic carbocycles. The molecule has 0 unspecified atom stereocenters. The molecule has 0 aliphatic heterocycles. The number of nitriles is 1. The lowest BCUT2D eigenvalue weighted by molar-refractivity contribution is -0.185. The molecule has 1 saturated carbocycles. The minimum atomic E-state index is -4.00. The lowest BCUT2D eigenvalue weighted by Crippen LogP contribution is -2.22. The average molecular weight is 500 g/mol. The van der Waals surface area contributed by atoms with E-state index in [0.717, 1.165) is 42.5 Å². The second-order valence-corrected chi connectivity index (χ2v) is 9.55. The molecule has 1 aliphatic carbocycles. The summed E-state index contributed by atoms with van der Waals surface area (Å²) in [6.07, 6.45) is 2.84. The fourth-order valence-electron chi connectivity index (χ4n) is 4.70. The summed E-state index contributed by atoms with van der Waals surface area (Å²) >= 11 is 0. The van der Waals surface area contributed by atoms with E-state index in [2.05, 4.69) is 6.92 Å². The van der Waals surface area contributed by atoms with Crippen LogP contribution in [-0.2, 0) is 12.5 Å². The normalized spacial score (nSPS) is 18.0. The Balaban J connectivity index is 1.45. The molecule has 0 radical (unpaired) electrons. The molecule has 0 heterocycles. The summed E-state index contributed by atoms with van der Waals surface area (Å²) in [7, 11) is 0. The second kappa shape index (κ2) is 10.7. The highest BCUT2D eigenvalue weighted by Gasteiger charge is 2.36. The van der Waals surface area contributed by atoms with Crippen molar-refractivity contribution in [1.29, 1.82) is 5.26 Å². The standard InChI is InChI=1S/C29H26F5NO/c1-18-2-4-19(5-3-18)6-7-20-8-12-24(13-9-20)36-29(33,34)23-15-26(31)28(27(32)16-23)21-10-11-22(17-35)25(30)14-21/h8-16,18-19H,2-7H2,1H3. The van der Waals surface area contributed by atoms with Gasteiger partial charge >= 0.3 is 6.11 Å². The summed E-state index contributed by atoms with van der Waals surface area (Å²) < 4.78 is 77.6. The van der Waals surface area contributed by atoms with E-state index in [9.17, 15) is 22.0 Å². The lowest BCUT2D eigenvalue weighted by Gasteiger charge is -2.26. The second-order valence-electron chi connectivity index (χ2n) is 9.55. The molecule has 0 amide bonds. The molecule has 36 heavy (non-hydrogen) atoms. The van der Waals surface area contributed by atoms with Crippen LogP contribution in [0.5, 0.6) is 5.75 Å². The van der Waals surface area contributed by atoms with Gasteiger partial charge < -0.3 is 4.74 Å². The Morgan fingerprint density at radius 3 is 2.11 bits per heavy atom. The van der Waals surface area contributed by atoms with E-state index in [4.69, 9.17) is 10.00 Å². The SMILES string of the molecule is CC1CCC(CCc2ccc(OC(F)(F)c3cc(F)c(-c4ccc(C#N)c(F)c4)c(F)c3)cc2)CC1. The molecule has 0 atom stereocenters. The number of benzene rings is 3. The molecule has 2 nitrogen and oxygen atoms in total. The zero-order valence-electron chi connectivity index (χ0n) is 19.8. The van der Waals surface area contributed by atoms with Crippen LogP contribution in [0.2, 0.25) is 0 Å². The molecule has 1 aliphatic rings. The van der Waals surface area contributed by atoms with E-state index < -0.39 is 34.7 Å². The summed E-state index contributed by atoms with van der Waals surface area (Å²) in [4.78, 5) is 0. The summed E-state index contributed by atoms with van der Waals surface area (Å²) in [5.41, 5.74) is -1.18. The van der Waals surface area contributed by atoms with Crippen LogP contribution in [-0.4, -0.2) is 0 Å². The molecule has 0 spiro atoms. The van der Waals surface area contributed by atoms with Crippen LogP contribution in [0.15, 0.2) is 54.6 Å². The maximum atomic E-state index is 14.8. The molecule has 0 bridgehead atoms. The van der Waals surface area contributed by atoms with Crippen molar-refractivity contribution in [2.75, 3.05) is 0 Å². The Morgan fingerprint density at radius 2 is 1.53 bits per heavy atom. The van der Waals surface area contributed by atoms with Crippen molar-refractivity contribution in [3.8, 4) is 22.9 Å². The summed E-state index contributed by atoms with van der Waals surface area (Å²) in [6, 6.07) is 11.8. The van der Waals surface area contributed by atoms with E-state index in [-0.39, 0.29) is 16.9 Å². The first kappa shape index (κ1) is 25.7. The molecule has 3 aromatic rings. The van der Waals surface area contributed by atoms with Crippen LogP contribution in [0.4, 0.5) is 22.0 Å². The van der Waals surface area contributed by atoms with Crippen LogP contribution >= 0.6 is 0 Å². The van der Waals surface area contributed by atoms with Crippen molar-refractivity contribution < 1.29 is 26.7 Å². The monoisotopic (exact) mass is 499 g/mol. The third-order valence-corrected chi connectivity index (χ3v) is 6.90. The van der Waals surface area contributed by atoms with Crippen molar-refractivity contribution >= 4 is 0 Å². The van der Waals surface area contributed by atoms with Crippen LogP contribution in [0, 0.1) is 40.6 Å². The number of alkyl halides is 2. The Labute approximate surface area is 207 Å². The van der Waals surface area contributed by atoms with Crippen LogP contribution in [0.1, 0.15) is 55.7 Å². The number of rotatable bonds is 7. The van der Waals surface area contributed by atoms with E-state index in [0.29, 0.717) is 18.1 Å². The van der Waals surface area contributed by atoms with Gasteiger partial charge in [-0.2, -0.15) is 14.0 Å². The molecule has 7 heteroatoms. The third kappa shape index (κ3) is 5.87. The van der Waals surface area contributed by atoms with E-state index in [1.54, 1.807) is 18.2 Å². The molecular weight excluding hydrogens is 473 g/mol. The first-order chi connectivity index (χ1) is 17.2. The number of halogens is 5. The minimum absolute atomic E-state index is 0.130. The Bertz CT molecular complexity index is 1230. The topological polar surface area (TPSA) is 33.0 Å². The van der Waals surface area contributed by atoms with Gasteiger partial charge in [0.2, 0.25) is 0 Å². The van der Waals surface area contributed by atoms with Crippen molar-refractivity contribution in [3.05, 3.63) is 88.7 Å². The van der Waals surface area contributed by atoms with E-state index in [1.807, 2.05) is 0 Å².